The van der Waals surface area contributed by atoms with Gasteiger partial charge in [-0.05, 0) is 40.0 Å². The Hall–Kier alpha value is -1.37. The summed E-state index contributed by atoms with van der Waals surface area (Å²) < 4.78 is 25.1. The monoisotopic (exact) mass is 327 g/mol. The Bertz CT molecular complexity index is 643. The molecule has 0 spiro atoms. The highest BCUT2D eigenvalue weighted by molar-refractivity contribution is 7.91. The molecule has 124 valence electrons. The molecule has 1 fully saturated rings. The van der Waals surface area contributed by atoms with Gasteiger partial charge in [0, 0.05) is 18.5 Å². The average molecular weight is 327 g/mol. The summed E-state index contributed by atoms with van der Waals surface area (Å²) in [5.74, 6) is -0.186. The Balaban J connectivity index is 2.01. The molecule has 2 atom stereocenters. The van der Waals surface area contributed by atoms with E-state index in [0.717, 1.165) is 12.8 Å². The Kier molecular flexibility index (Phi) is 4.65. The highest BCUT2D eigenvalue weighted by Gasteiger charge is 2.30. The third-order valence-electron chi connectivity index (χ3n) is 4.10. The van der Waals surface area contributed by atoms with E-state index in [4.69, 9.17) is 0 Å². The molecule has 22 heavy (non-hydrogen) atoms. The van der Waals surface area contributed by atoms with E-state index in [2.05, 4.69) is 10.4 Å². The Morgan fingerprint density at radius 1 is 1.36 bits per heavy atom. The van der Waals surface area contributed by atoms with E-state index in [-0.39, 0.29) is 22.7 Å². The third kappa shape index (κ3) is 4.09. The van der Waals surface area contributed by atoms with Crippen LogP contribution in [0.2, 0.25) is 0 Å². The van der Waals surface area contributed by atoms with E-state index in [9.17, 15) is 13.2 Å². The molecule has 0 bridgehead atoms. The van der Waals surface area contributed by atoms with Crippen LogP contribution in [0, 0.1) is 0 Å². The topological polar surface area (TPSA) is 81.1 Å². The van der Waals surface area contributed by atoms with Crippen LogP contribution in [-0.2, 0) is 15.4 Å². The minimum absolute atomic E-state index is 0.0843. The second-order valence-electron chi connectivity index (χ2n) is 7.13. The molecule has 1 aliphatic rings. The van der Waals surface area contributed by atoms with Crippen molar-refractivity contribution in [3.8, 4) is 0 Å². The molecule has 7 heteroatoms. The van der Waals surface area contributed by atoms with Gasteiger partial charge in [-0.2, -0.15) is 5.10 Å². The van der Waals surface area contributed by atoms with Crippen molar-refractivity contribution in [2.75, 3.05) is 6.26 Å². The predicted octanol–water partition coefficient (Wildman–Crippen LogP) is 1.72. The van der Waals surface area contributed by atoms with Crippen molar-refractivity contribution in [3.63, 3.8) is 0 Å². The third-order valence-corrected chi connectivity index (χ3v) is 5.74. The predicted molar refractivity (Wildman–Crippen MR) is 85.6 cm³/mol. The summed E-state index contributed by atoms with van der Waals surface area (Å²) in [4.78, 5) is 12.3. The zero-order valence-electron chi connectivity index (χ0n) is 13.7. The van der Waals surface area contributed by atoms with Crippen LogP contribution in [-0.4, -0.2) is 41.7 Å². The van der Waals surface area contributed by atoms with Crippen LogP contribution < -0.4 is 5.32 Å². The fraction of sp³-hybridized carbons (Fsp3) is 0.733. The van der Waals surface area contributed by atoms with E-state index in [1.807, 2.05) is 20.8 Å². The molecule has 1 saturated carbocycles. The number of nitrogens with one attached hydrogen (secondary N) is 1. The van der Waals surface area contributed by atoms with Crippen molar-refractivity contribution >= 4 is 15.7 Å². The van der Waals surface area contributed by atoms with Crippen LogP contribution in [0.25, 0.3) is 0 Å². The number of rotatable bonds is 3. The number of sulfone groups is 1. The molecule has 1 amide bonds. The lowest BCUT2D eigenvalue weighted by Gasteiger charge is -2.28. The number of carbonyl (C=O) groups excluding carboxylic acids is 1. The van der Waals surface area contributed by atoms with Crippen molar-refractivity contribution < 1.29 is 13.2 Å². The lowest BCUT2D eigenvalue weighted by atomic mass is 9.95. The van der Waals surface area contributed by atoms with Gasteiger partial charge >= 0.3 is 0 Å². The molecular weight excluding hydrogens is 302 g/mol. The minimum atomic E-state index is -3.04. The van der Waals surface area contributed by atoms with Crippen LogP contribution in [0.1, 0.15) is 56.8 Å². The minimum Gasteiger partial charge on any atom is -0.349 e. The molecule has 0 aromatic carbocycles. The van der Waals surface area contributed by atoms with Gasteiger partial charge in [0.25, 0.3) is 5.91 Å². The quantitative estimate of drug-likeness (QED) is 0.916. The van der Waals surface area contributed by atoms with Gasteiger partial charge in [-0.1, -0.05) is 6.42 Å². The van der Waals surface area contributed by atoms with Gasteiger partial charge in [0.15, 0.2) is 0 Å². The number of aromatic nitrogens is 2. The maximum Gasteiger partial charge on any atom is 0.254 e. The zero-order chi connectivity index (χ0) is 16.5. The van der Waals surface area contributed by atoms with E-state index in [1.54, 1.807) is 17.1 Å². The van der Waals surface area contributed by atoms with Crippen molar-refractivity contribution in [2.45, 2.75) is 63.3 Å². The fourth-order valence-corrected chi connectivity index (χ4v) is 3.92. The number of hydrogen-bond acceptors (Lipinski definition) is 4. The molecule has 1 aliphatic carbocycles. The van der Waals surface area contributed by atoms with Gasteiger partial charge in [0.2, 0.25) is 0 Å². The summed E-state index contributed by atoms with van der Waals surface area (Å²) in [6.45, 7) is 6.04. The lowest BCUT2D eigenvalue weighted by molar-refractivity contribution is 0.0927. The normalized spacial score (nSPS) is 23.3. The largest absolute Gasteiger partial charge is 0.349 e. The van der Waals surface area contributed by atoms with Crippen LogP contribution in [0.4, 0.5) is 0 Å². The summed E-state index contributed by atoms with van der Waals surface area (Å²) in [5, 5.41) is 6.82. The van der Waals surface area contributed by atoms with Crippen LogP contribution >= 0.6 is 0 Å². The number of nitrogens with zero attached hydrogens (tertiary/aromatic N) is 2. The van der Waals surface area contributed by atoms with Crippen LogP contribution in [0.5, 0.6) is 0 Å². The fourth-order valence-electron chi connectivity index (χ4n) is 2.74. The van der Waals surface area contributed by atoms with Crippen molar-refractivity contribution in [2.24, 2.45) is 0 Å². The molecule has 0 aliphatic heterocycles. The molecule has 0 unspecified atom stereocenters. The van der Waals surface area contributed by atoms with E-state index in [0.29, 0.717) is 18.4 Å². The van der Waals surface area contributed by atoms with Gasteiger partial charge in [-0.15, -0.1) is 0 Å². The highest BCUT2D eigenvalue weighted by atomic mass is 32.2. The highest BCUT2D eigenvalue weighted by Crippen LogP contribution is 2.24. The molecule has 1 N–H and O–H groups in total. The van der Waals surface area contributed by atoms with Gasteiger partial charge in [0.1, 0.15) is 9.84 Å². The molecule has 1 aromatic heterocycles. The average Bonchev–Trinajstić information content (AvgIpc) is 2.87. The Morgan fingerprint density at radius 3 is 2.59 bits per heavy atom. The first-order chi connectivity index (χ1) is 10.1. The molecular formula is C15H25N3O3S. The second-order valence-corrected chi connectivity index (χ2v) is 9.46. The van der Waals surface area contributed by atoms with Gasteiger partial charge in [-0.25, -0.2) is 8.42 Å². The second kappa shape index (κ2) is 6.02. The molecule has 1 heterocycles. The van der Waals surface area contributed by atoms with Crippen molar-refractivity contribution in [1.29, 1.82) is 0 Å². The summed E-state index contributed by atoms with van der Waals surface area (Å²) in [7, 11) is -3.04. The van der Waals surface area contributed by atoms with Crippen LogP contribution in [0.15, 0.2) is 12.4 Å². The number of hydrogen-bond donors (Lipinski definition) is 1. The molecule has 0 saturated heterocycles. The SMILES string of the molecule is CC(C)(C)n1cc(C(=O)N[C@@H]2CCC[C@H](S(C)(=O)=O)C2)cn1. The van der Waals surface area contributed by atoms with Gasteiger partial charge in [0.05, 0.1) is 22.5 Å². The lowest BCUT2D eigenvalue weighted by Crippen LogP contribution is -2.41. The smallest absolute Gasteiger partial charge is 0.254 e. The molecule has 0 radical (unpaired) electrons. The summed E-state index contributed by atoms with van der Waals surface area (Å²) >= 11 is 0. The van der Waals surface area contributed by atoms with Gasteiger partial charge < -0.3 is 5.32 Å². The first-order valence-electron chi connectivity index (χ1n) is 7.62. The van der Waals surface area contributed by atoms with Crippen molar-refractivity contribution in [1.82, 2.24) is 15.1 Å². The maximum absolute atomic E-state index is 12.3. The standard InChI is InChI=1S/C15H25N3O3S/c1-15(2,3)18-10-11(9-16-18)14(19)17-12-6-5-7-13(8-12)22(4,20)21/h9-10,12-13H,5-8H2,1-4H3,(H,17,19)/t12-,13+/m1/s1. The van der Waals surface area contributed by atoms with E-state index >= 15 is 0 Å². The van der Waals surface area contributed by atoms with E-state index < -0.39 is 9.84 Å². The maximum atomic E-state index is 12.3. The summed E-state index contributed by atoms with van der Waals surface area (Å²) in [5.41, 5.74) is 0.335. The Morgan fingerprint density at radius 2 is 2.05 bits per heavy atom. The first kappa shape index (κ1) is 17.0. The summed E-state index contributed by atoms with van der Waals surface area (Å²) in [6, 6.07) is -0.0843. The molecule has 2 rings (SSSR count). The molecule has 1 aromatic rings. The van der Waals surface area contributed by atoms with E-state index in [1.165, 1.54) is 6.26 Å². The zero-order valence-corrected chi connectivity index (χ0v) is 14.5. The number of amides is 1. The molecule has 6 nitrogen and oxygen atoms in total. The number of carbonyl (C=O) groups is 1. The van der Waals surface area contributed by atoms with Crippen LogP contribution in [0.3, 0.4) is 0 Å². The Labute approximate surface area is 132 Å². The van der Waals surface area contributed by atoms with Crippen molar-refractivity contribution in [3.05, 3.63) is 18.0 Å². The van der Waals surface area contributed by atoms with Gasteiger partial charge in [-0.3, -0.25) is 9.48 Å². The first-order valence-corrected chi connectivity index (χ1v) is 9.57. The summed E-state index contributed by atoms with van der Waals surface area (Å²) in [6.07, 6.45) is 7.39.